The highest BCUT2D eigenvalue weighted by Gasteiger charge is 2.08. The first kappa shape index (κ1) is 10.2. The second-order valence-electron chi connectivity index (χ2n) is 3.55. The lowest BCUT2D eigenvalue weighted by molar-refractivity contribution is 0.626. The smallest absolute Gasteiger partial charge is 0.125 e. The van der Waals surface area contributed by atoms with Crippen LogP contribution in [0.25, 0.3) is 5.69 Å². The lowest BCUT2D eigenvalue weighted by Gasteiger charge is -2.11. The van der Waals surface area contributed by atoms with E-state index < -0.39 is 0 Å². The molecule has 0 atom stereocenters. The van der Waals surface area contributed by atoms with Gasteiger partial charge in [0.2, 0.25) is 0 Å². The number of hydrogen-bond acceptors (Lipinski definition) is 0. The molecule has 0 aliphatic rings. The molecular formula is C12H11ClFN. The van der Waals surface area contributed by atoms with Crippen molar-refractivity contribution in [2.24, 2.45) is 0 Å². The Morgan fingerprint density at radius 3 is 2.27 bits per heavy atom. The van der Waals surface area contributed by atoms with Crippen molar-refractivity contribution in [2.75, 3.05) is 0 Å². The maximum atomic E-state index is 13.1. The monoisotopic (exact) mass is 223 g/mol. The second-order valence-corrected chi connectivity index (χ2v) is 3.95. The number of benzene rings is 1. The summed E-state index contributed by atoms with van der Waals surface area (Å²) >= 11 is 6.04. The van der Waals surface area contributed by atoms with Crippen LogP contribution in [0.1, 0.15) is 11.4 Å². The summed E-state index contributed by atoms with van der Waals surface area (Å²) in [5, 5.41) is 0.554. The number of aromatic nitrogens is 1. The van der Waals surface area contributed by atoms with E-state index >= 15 is 0 Å². The summed E-state index contributed by atoms with van der Waals surface area (Å²) in [6, 6.07) is 8.35. The topological polar surface area (TPSA) is 4.93 Å². The van der Waals surface area contributed by atoms with Crippen molar-refractivity contribution in [3.8, 4) is 5.69 Å². The first-order valence-corrected chi connectivity index (χ1v) is 5.08. The largest absolute Gasteiger partial charge is 0.317 e. The predicted molar refractivity (Wildman–Crippen MR) is 60.2 cm³/mol. The van der Waals surface area contributed by atoms with Crippen LogP contribution >= 0.6 is 11.6 Å². The van der Waals surface area contributed by atoms with Gasteiger partial charge in [0, 0.05) is 11.4 Å². The summed E-state index contributed by atoms with van der Waals surface area (Å²) in [5.74, 6) is -0.276. The van der Waals surface area contributed by atoms with Crippen molar-refractivity contribution in [1.82, 2.24) is 4.57 Å². The molecule has 3 heteroatoms. The molecule has 1 aromatic carbocycles. The lowest BCUT2D eigenvalue weighted by Crippen LogP contribution is -2.00. The Morgan fingerprint density at radius 1 is 1.07 bits per heavy atom. The molecule has 0 radical (unpaired) electrons. The molecule has 1 heterocycles. The minimum atomic E-state index is -0.276. The third kappa shape index (κ3) is 1.77. The van der Waals surface area contributed by atoms with Crippen LogP contribution in [0.5, 0.6) is 0 Å². The molecule has 0 aliphatic carbocycles. The molecule has 1 nitrogen and oxygen atoms in total. The Kier molecular flexibility index (Phi) is 2.53. The first-order chi connectivity index (χ1) is 7.09. The van der Waals surface area contributed by atoms with Gasteiger partial charge in [-0.15, -0.1) is 0 Å². The van der Waals surface area contributed by atoms with Gasteiger partial charge in [0.25, 0.3) is 0 Å². The van der Waals surface area contributed by atoms with Crippen LogP contribution in [0, 0.1) is 19.7 Å². The maximum Gasteiger partial charge on any atom is 0.125 e. The molecule has 0 bridgehead atoms. The van der Waals surface area contributed by atoms with Crippen molar-refractivity contribution in [3.05, 3.63) is 52.6 Å². The van der Waals surface area contributed by atoms with Gasteiger partial charge in [-0.2, -0.15) is 0 Å². The van der Waals surface area contributed by atoms with Gasteiger partial charge in [-0.05, 0) is 44.2 Å². The Hall–Kier alpha value is -1.28. The van der Waals surface area contributed by atoms with Gasteiger partial charge in [0.15, 0.2) is 0 Å². The van der Waals surface area contributed by atoms with Gasteiger partial charge in [-0.3, -0.25) is 0 Å². The number of hydrogen-bond donors (Lipinski definition) is 0. The van der Waals surface area contributed by atoms with Crippen molar-refractivity contribution < 1.29 is 4.39 Å². The fourth-order valence-corrected chi connectivity index (χ4v) is 1.91. The van der Waals surface area contributed by atoms with Gasteiger partial charge < -0.3 is 4.57 Å². The van der Waals surface area contributed by atoms with E-state index in [-0.39, 0.29) is 5.82 Å². The Bertz CT molecular complexity index is 483. The number of rotatable bonds is 1. The SMILES string of the molecule is Cc1ccc(C)n1-c1cc(F)ccc1Cl. The van der Waals surface area contributed by atoms with E-state index in [0.717, 1.165) is 11.4 Å². The molecule has 0 spiro atoms. The van der Waals surface area contributed by atoms with E-state index in [1.54, 1.807) is 6.07 Å². The molecule has 0 amide bonds. The van der Waals surface area contributed by atoms with Crippen LogP contribution in [0.4, 0.5) is 4.39 Å². The van der Waals surface area contributed by atoms with Crippen molar-refractivity contribution in [2.45, 2.75) is 13.8 Å². The minimum Gasteiger partial charge on any atom is -0.317 e. The molecule has 78 valence electrons. The van der Waals surface area contributed by atoms with E-state index in [0.29, 0.717) is 10.7 Å². The standard InChI is InChI=1S/C12H11ClFN/c1-8-3-4-9(2)15(8)12-7-10(14)5-6-11(12)13/h3-7H,1-2H3. The Labute approximate surface area is 93.1 Å². The minimum absolute atomic E-state index is 0.276. The highest BCUT2D eigenvalue weighted by Crippen LogP contribution is 2.24. The summed E-state index contributed by atoms with van der Waals surface area (Å²) in [6.45, 7) is 3.93. The highest BCUT2D eigenvalue weighted by molar-refractivity contribution is 6.32. The molecule has 0 saturated carbocycles. The third-order valence-corrected chi connectivity index (χ3v) is 2.74. The van der Waals surface area contributed by atoms with Crippen LogP contribution in [0.2, 0.25) is 5.02 Å². The van der Waals surface area contributed by atoms with Gasteiger partial charge in [-0.1, -0.05) is 11.6 Å². The maximum absolute atomic E-state index is 13.1. The summed E-state index contributed by atoms with van der Waals surface area (Å²) in [6.07, 6.45) is 0. The molecular weight excluding hydrogens is 213 g/mol. The van der Waals surface area contributed by atoms with Crippen LogP contribution in [0.3, 0.4) is 0 Å². The van der Waals surface area contributed by atoms with E-state index in [1.807, 2.05) is 30.5 Å². The van der Waals surface area contributed by atoms with Crippen molar-refractivity contribution >= 4 is 11.6 Å². The number of nitrogens with zero attached hydrogens (tertiary/aromatic N) is 1. The molecule has 0 N–H and O–H groups in total. The fraction of sp³-hybridized carbons (Fsp3) is 0.167. The van der Waals surface area contributed by atoms with Gasteiger partial charge in [0.1, 0.15) is 5.82 Å². The van der Waals surface area contributed by atoms with Gasteiger partial charge in [-0.25, -0.2) is 4.39 Å². The molecule has 0 aliphatic heterocycles. The molecule has 0 fully saturated rings. The zero-order valence-electron chi connectivity index (χ0n) is 8.59. The molecule has 0 saturated heterocycles. The summed E-state index contributed by atoms with van der Waals surface area (Å²) in [5.41, 5.74) is 2.77. The Balaban J connectivity index is 2.68. The van der Waals surface area contributed by atoms with E-state index in [4.69, 9.17) is 11.6 Å². The summed E-state index contributed by atoms with van der Waals surface area (Å²) in [7, 11) is 0. The zero-order valence-corrected chi connectivity index (χ0v) is 9.35. The van der Waals surface area contributed by atoms with E-state index in [1.165, 1.54) is 12.1 Å². The normalized spacial score (nSPS) is 10.7. The average molecular weight is 224 g/mol. The zero-order chi connectivity index (χ0) is 11.0. The molecule has 0 unspecified atom stereocenters. The lowest BCUT2D eigenvalue weighted by atomic mass is 10.3. The molecule has 1 aromatic heterocycles. The Morgan fingerprint density at radius 2 is 1.67 bits per heavy atom. The first-order valence-electron chi connectivity index (χ1n) is 4.70. The highest BCUT2D eigenvalue weighted by atomic mass is 35.5. The van der Waals surface area contributed by atoms with E-state index in [2.05, 4.69) is 0 Å². The van der Waals surface area contributed by atoms with Crippen LogP contribution < -0.4 is 0 Å². The van der Waals surface area contributed by atoms with Crippen LogP contribution in [-0.4, -0.2) is 4.57 Å². The van der Waals surface area contributed by atoms with Gasteiger partial charge >= 0.3 is 0 Å². The summed E-state index contributed by atoms with van der Waals surface area (Å²) < 4.78 is 15.1. The quantitative estimate of drug-likeness (QED) is 0.691. The molecule has 2 aromatic rings. The summed E-state index contributed by atoms with van der Waals surface area (Å²) in [4.78, 5) is 0. The van der Waals surface area contributed by atoms with Crippen LogP contribution in [0.15, 0.2) is 30.3 Å². The van der Waals surface area contributed by atoms with Gasteiger partial charge in [0.05, 0.1) is 10.7 Å². The fourth-order valence-electron chi connectivity index (χ4n) is 1.71. The number of aryl methyl sites for hydroxylation is 2. The molecule has 15 heavy (non-hydrogen) atoms. The van der Waals surface area contributed by atoms with E-state index in [9.17, 15) is 4.39 Å². The van der Waals surface area contributed by atoms with Crippen molar-refractivity contribution in [3.63, 3.8) is 0 Å². The van der Waals surface area contributed by atoms with Crippen LogP contribution in [-0.2, 0) is 0 Å². The molecule has 2 rings (SSSR count). The second kappa shape index (κ2) is 3.70. The predicted octanol–water partition coefficient (Wildman–Crippen LogP) is 3.89. The van der Waals surface area contributed by atoms with Crippen molar-refractivity contribution in [1.29, 1.82) is 0 Å². The average Bonchev–Trinajstić information content (AvgIpc) is 2.51. The number of halogens is 2. The third-order valence-electron chi connectivity index (χ3n) is 2.42.